The molecule has 1 saturated heterocycles. The molecule has 4 heteroatoms. The Labute approximate surface area is 119 Å². The Kier molecular flexibility index (Phi) is 3.74. The Balaban J connectivity index is 1.86. The van der Waals surface area contributed by atoms with Crippen LogP contribution < -0.4 is 5.32 Å². The molecule has 2 aliphatic rings. The summed E-state index contributed by atoms with van der Waals surface area (Å²) in [5.41, 5.74) is 0.580. The van der Waals surface area contributed by atoms with Crippen molar-refractivity contribution in [2.24, 2.45) is 5.92 Å². The molecule has 1 amide bonds. The molecular formula is C16H21FN2O. The van der Waals surface area contributed by atoms with E-state index in [1.807, 2.05) is 17.9 Å². The van der Waals surface area contributed by atoms with Gasteiger partial charge in [0.1, 0.15) is 12.0 Å². The highest BCUT2D eigenvalue weighted by Gasteiger charge is 2.40. The lowest BCUT2D eigenvalue weighted by atomic mass is 9.85. The fourth-order valence-corrected chi connectivity index (χ4v) is 3.08. The second kappa shape index (κ2) is 5.52. The Bertz CT molecular complexity index is 501. The third-order valence-corrected chi connectivity index (χ3v) is 4.54. The van der Waals surface area contributed by atoms with Crippen molar-refractivity contribution >= 4 is 5.91 Å². The quantitative estimate of drug-likeness (QED) is 0.917. The van der Waals surface area contributed by atoms with Crippen molar-refractivity contribution < 1.29 is 9.18 Å². The van der Waals surface area contributed by atoms with Crippen LogP contribution in [0, 0.1) is 11.7 Å². The van der Waals surface area contributed by atoms with Crippen LogP contribution in [0.4, 0.5) is 4.39 Å². The summed E-state index contributed by atoms with van der Waals surface area (Å²) >= 11 is 0. The van der Waals surface area contributed by atoms with Gasteiger partial charge in [-0.2, -0.15) is 0 Å². The summed E-state index contributed by atoms with van der Waals surface area (Å²) in [6.45, 7) is 2.74. The highest BCUT2D eigenvalue weighted by atomic mass is 19.1. The average Bonchev–Trinajstić information content (AvgIpc) is 2.71. The molecule has 3 nitrogen and oxygen atoms in total. The minimum Gasteiger partial charge on any atom is -0.321 e. The minimum atomic E-state index is -0.311. The van der Waals surface area contributed by atoms with E-state index in [0.29, 0.717) is 11.5 Å². The number of nitrogens with zero attached hydrogens (tertiary/aromatic N) is 1. The van der Waals surface area contributed by atoms with Crippen LogP contribution in [-0.2, 0) is 4.79 Å². The summed E-state index contributed by atoms with van der Waals surface area (Å²) in [6.07, 6.45) is 4.05. The fourth-order valence-electron chi connectivity index (χ4n) is 3.08. The predicted molar refractivity (Wildman–Crippen MR) is 75.4 cm³/mol. The van der Waals surface area contributed by atoms with Crippen LogP contribution in [0.15, 0.2) is 24.3 Å². The van der Waals surface area contributed by atoms with Crippen LogP contribution in [0.5, 0.6) is 0 Å². The van der Waals surface area contributed by atoms with Crippen LogP contribution >= 0.6 is 0 Å². The number of nitrogens with one attached hydrogen (secondary N) is 1. The minimum absolute atomic E-state index is 0.118. The van der Waals surface area contributed by atoms with Gasteiger partial charge in [0, 0.05) is 12.1 Å². The summed E-state index contributed by atoms with van der Waals surface area (Å²) in [6, 6.07) is 6.56. The molecule has 1 aromatic carbocycles. The monoisotopic (exact) mass is 276 g/mol. The van der Waals surface area contributed by atoms with E-state index in [-0.39, 0.29) is 23.9 Å². The largest absolute Gasteiger partial charge is 0.321 e. The van der Waals surface area contributed by atoms with Crippen molar-refractivity contribution in [3.05, 3.63) is 35.6 Å². The van der Waals surface area contributed by atoms with Gasteiger partial charge in [-0.1, -0.05) is 31.5 Å². The molecular weight excluding hydrogens is 255 g/mol. The zero-order valence-corrected chi connectivity index (χ0v) is 11.8. The predicted octanol–water partition coefficient (Wildman–Crippen LogP) is 2.83. The van der Waals surface area contributed by atoms with E-state index < -0.39 is 0 Å². The van der Waals surface area contributed by atoms with Crippen molar-refractivity contribution in [3.8, 4) is 0 Å². The van der Waals surface area contributed by atoms with Crippen LogP contribution in [0.3, 0.4) is 0 Å². The van der Waals surface area contributed by atoms with E-state index in [1.165, 1.54) is 25.3 Å². The molecule has 1 aromatic rings. The highest BCUT2D eigenvalue weighted by molar-refractivity contribution is 5.84. The second-order valence-corrected chi connectivity index (χ2v) is 5.84. The maximum absolute atomic E-state index is 14.0. The number of amides is 1. The summed E-state index contributed by atoms with van der Waals surface area (Å²) in [7, 11) is 0. The summed E-state index contributed by atoms with van der Waals surface area (Å²) in [5, 5.41) is 3.29. The third kappa shape index (κ3) is 2.33. The maximum Gasteiger partial charge on any atom is 0.241 e. The summed E-state index contributed by atoms with van der Waals surface area (Å²) in [5.74, 6) is 0.464. The number of carbonyl (C=O) groups excluding carboxylic acids is 1. The Morgan fingerprint density at radius 3 is 2.70 bits per heavy atom. The topological polar surface area (TPSA) is 32.3 Å². The molecule has 108 valence electrons. The van der Waals surface area contributed by atoms with Crippen LogP contribution in [-0.4, -0.2) is 23.4 Å². The van der Waals surface area contributed by atoms with Gasteiger partial charge in [-0.15, -0.1) is 0 Å². The van der Waals surface area contributed by atoms with Crippen molar-refractivity contribution in [1.29, 1.82) is 0 Å². The molecule has 1 aliphatic heterocycles. The molecule has 20 heavy (non-hydrogen) atoms. The highest BCUT2D eigenvalue weighted by Crippen LogP contribution is 2.33. The van der Waals surface area contributed by atoms with Gasteiger partial charge in [0.2, 0.25) is 5.91 Å². The van der Waals surface area contributed by atoms with Gasteiger partial charge in [0.05, 0.1) is 6.04 Å². The number of hydrogen-bond acceptors (Lipinski definition) is 2. The van der Waals surface area contributed by atoms with Gasteiger partial charge in [-0.05, 0) is 31.2 Å². The number of rotatable bonds is 4. The summed E-state index contributed by atoms with van der Waals surface area (Å²) < 4.78 is 14.0. The lowest BCUT2D eigenvalue weighted by molar-refractivity contribution is -0.131. The Morgan fingerprint density at radius 2 is 2.10 bits per heavy atom. The van der Waals surface area contributed by atoms with Crippen LogP contribution in [0.25, 0.3) is 0 Å². The molecule has 0 bridgehead atoms. The van der Waals surface area contributed by atoms with Gasteiger partial charge in [0.25, 0.3) is 0 Å². The number of carbonyl (C=O) groups is 1. The van der Waals surface area contributed by atoms with Crippen molar-refractivity contribution in [2.75, 3.05) is 6.54 Å². The Morgan fingerprint density at radius 1 is 1.35 bits per heavy atom. The van der Waals surface area contributed by atoms with E-state index in [1.54, 1.807) is 12.1 Å². The fraction of sp³-hybridized carbons (Fsp3) is 0.562. The lowest BCUT2D eigenvalue weighted by Gasteiger charge is -2.33. The Hall–Kier alpha value is -1.42. The SMILES string of the molecule is CCC1NC(c2ccccc2F)N(CC2CCC2)C1=O. The molecule has 1 saturated carbocycles. The van der Waals surface area contributed by atoms with Crippen LogP contribution in [0.2, 0.25) is 0 Å². The van der Waals surface area contributed by atoms with Gasteiger partial charge in [0.15, 0.2) is 0 Å². The lowest BCUT2D eigenvalue weighted by Crippen LogP contribution is -2.37. The van der Waals surface area contributed by atoms with E-state index in [0.717, 1.165) is 13.0 Å². The van der Waals surface area contributed by atoms with Crippen molar-refractivity contribution in [3.63, 3.8) is 0 Å². The zero-order valence-electron chi connectivity index (χ0n) is 11.8. The van der Waals surface area contributed by atoms with Crippen molar-refractivity contribution in [1.82, 2.24) is 10.2 Å². The molecule has 0 spiro atoms. The molecule has 1 aliphatic carbocycles. The molecule has 3 rings (SSSR count). The standard InChI is InChI=1S/C16H21FN2O/c1-2-14-16(20)19(10-11-6-5-7-11)15(18-14)12-8-3-4-9-13(12)17/h3-4,8-9,11,14-15,18H,2,5-7,10H2,1H3. The summed E-state index contributed by atoms with van der Waals surface area (Å²) in [4.78, 5) is 14.3. The molecule has 1 N–H and O–H groups in total. The molecule has 0 radical (unpaired) electrons. The molecule has 2 unspecified atom stereocenters. The van der Waals surface area contributed by atoms with Gasteiger partial charge in [-0.3, -0.25) is 10.1 Å². The molecule has 1 heterocycles. The van der Waals surface area contributed by atoms with E-state index in [4.69, 9.17) is 0 Å². The molecule has 2 fully saturated rings. The van der Waals surface area contributed by atoms with Crippen molar-refractivity contribution in [2.45, 2.75) is 44.8 Å². The van der Waals surface area contributed by atoms with E-state index in [9.17, 15) is 9.18 Å². The average molecular weight is 276 g/mol. The number of benzene rings is 1. The third-order valence-electron chi connectivity index (χ3n) is 4.54. The normalized spacial score (nSPS) is 26.9. The second-order valence-electron chi connectivity index (χ2n) is 5.84. The van der Waals surface area contributed by atoms with E-state index in [2.05, 4.69) is 5.32 Å². The first kappa shape index (κ1) is 13.6. The first-order valence-corrected chi connectivity index (χ1v) is 7.51. The van der Waals surface area contributed by atoms with Crippen LogP contribution in [0.1, 0.15) is 44.3 Å². The van der Waals surface area contributed by atoms with Gasteiger partial charge < -0.3 is 4.90 Å². The zero-order chi connectivity index (χ0) is 14.1. The first-order valence-electron chi connectivity index (χ1n) is 7.51. The number of halogens is 1. The van der Waals surface area contributed by atoms with E-state index >= 15 is 0 Å². The molecule has 0 aromatic heterocycles. The number of hydrogen-bond donors (Lipinski definition) is 1. The first-order chi connectivity index (χ1) is 9.70. The smallest absolute Gasteiger partial charge is 0.241 e. The molecule has 2 atom stereocenters. The maximum atomic E-state index is 14.0. The van der Waals surface area contributed by atoms with Gasteiger partial charge >= 0.3 is 0 Å². The van der Waals surface area contributed by atoms with Gasteiger partial charge in [-0.25, -0.2) is 4.39 Å².